The van der Waals surface area contributed by atoms with Crippen molar-refractivity contribution in [2.75, 3.05) is 14.7 Å². The Labute approximate surface area is 374 Å². The lowest BCUT2D eigenvalue weighted by atomic mass is 10.1. The molecule has 64 heavy (non-hydrogen) atoms. The summed E-state index contributed by atoms with van der Waals surface area (Å²) in [4.78, 5) is 7.07. The zero-order valence-corrected chi connectivity index (χ0v) is 35.9. The number of para-hydroxylation sites is 3. The third kappa shape index (κ3) is 7.21. The van der Waals surface area contributed by atoms with Gasteiger partial charge in [0.15, 0.2) is 0 Å². The van der Waals surface area contributed by atoms with E-state index in [0.717, 1.165) is 67.9 Å². The second-order valence-corrected chi connectivity index (χ2v) is 16.5. The molecule has 0 amide bonds. The largest absolute Gasteiger partial charge is 0.310 e. The second kappa shape index (κ2) is 16.5. The lowest BCUT2D eigenvalue weighted by Gasteiger charge is -2.26. The van der Waals surface area contributed by atoms with Gasteiger partial charge in [0.25, 0.3) is 0 Å². The minimum Gasteiger partial charge on any atom is -0.310 e. The van der Waals surface area contributed by atoms with Gasteiger partial charge >= 0.3 is 0 Å². The van der Waals surface area contributed by atoms with E-state index in [2.05, 4.69) is 276 Å². The van der Waals surface area contributed by atoms with E-state index >= 15 is 0 Å². The summed E-state index contributed by atoms with van der Waals surface area (Å²) in [6.07, 6.45) is 0. The van der Waals surface area contributed by atoms with E-state index in [4.69, 9.17) is 0 Å². The van der Waals surface area contributed by atoms with E-state index in [9.17, 15) is 0 Å². The van der Waals surface area contributed by atoms with Crippen molar-refractivity contribution in [3.05, 3.63) is 254 Å². The maximum absolute atomic E-state index is 2.42. The van der Waals surface area contributed by atoms with Crippen molar-refractivity contribution in [1.29, 1.82) is 0 Å². The molecule has 0 aliphatic heterocycles. The molecule has 10 aromatic carbocycles. The van der Waals surface area contributed by atoms with Gasteiger partial charge in [-0.1, -0.05) is 109 Å². The zero-order valence-electron chi connectivity index (χ0n) is 35.9. The Kier molecular flexibility index (Phi) is 9.95. The fourth-order valence-electron chi connectivity index (χ4n) is 9.23. The Morgan fingerprint density at radius 1 is 0.266 bits per heavy atom. The number of hydrogen-bond acceptors (Lipinski definition) is 3. The molecule has 4 heteroatoms. The Bertz CT molecular complexity index is 3270. The first kappa shape index (κ1) is 38.6. The minimum absolute atomic E-state index is 1.09. The van der Waals surface area contributed by atoms with Crippen LogP contribution in [0.5, 0.6) is 0 Å². The number of rotatable bonds is 10. The van der Waals surface area contributed by atoms with Gasteiger partial charge in [-0.3, -0.25) is 0 Å². The zero-order chi connectivity index (χ0) is 43.0. The fourth-order valence-corrected chi connectivity index (χ4v) is 9.23. The average molecular weight is 823 g/mol. The summed E-state index contributed by atoms with van der Waals surface area (Å²) in [6.45, 7) is 4.31. The average Bonchev–Trinajstić information content (AvgIpc) is 3.66. The van der Waals surface area contributed by atoms with Crippen molar-refractivity contribution in [2.45, 2.75) is 13.8 Å². The van der Waals surface area contributed by atoms with Gasteiger partial charge < -0.3 is 19.3 Å². The fraction of sp³-hybridized carbons (Fsp3) is 0.0333. The highest BCUT2D eigenvalue weighted by Gasteiger charge is 2.21. The van der Waals surface area contributed by atoms with Crippen LogP contribution in [0.25, 0.3) is 38.3 Å². The summed E-state index contributed by atoms with van der Waals surface area (Å²) in [5, 5.41) is 4.78. The Hall–Kier alpha value is -8.34. The van der Waals surface area contributed by atoms with E-state index in [0.29, 0.717) is 0 Å². The van der Waals surface area contributed by atoms with Gasteiger partial charge in [-0.15, -0.1) is 0 Å². The number of nitrogens with zero attached hydrogens (tertiary/aromatic N) is 4. The number of hydrogen-bond donors (Lipinski definition) is 0. The third-order valence-electron chi connectivity index (χ3n) is 12.2. The lowest BCUT2D eigenvalue weighted by Crippen LogP contribution is -2.10. The predicted molar refractivity (Wildman–Crippen MR) is 272 cm³/mol. The van der Waals surface area contributed by atoms with Crippen LogP contribution in [0, 0.1) is 13.8 Å². The molecule has 11 rings (SSSR count). The quantitative estimate of drug-likeness (QED) is 0.137. The first-order valence-electron chi connectivity index (χ1n) is 21.9. The molecule has 0 bridgehead atoms. The molecular weight excluding hydrogens is 777 g/mol. The molecule has 0 N–H and O–H groups in total. The molecule has 0 saturated carbocycles. The van der Waals surface area contributed by atoms with Crippen LogP contribution in [0.15, 0.2) is 243 Å². The van der Waals surface area contributed by atoms with Crippen molar-refractivity contribution < 1.29 is 0 Å². The van der Waals surface area contributed by atoms with Crippen molar-refractivity contribution in [1.82, 2.24) is 4.57 Å². The molecule has 0 aliphatic carbocycles. The smallest absolute Gasteiger partial charge is 0.0542 e. The van der Waals surface area contributed by atoms with Crippen LogP contribution < -0.4 is 14.7 Å². The van der Waals surface area contributed by atoms with Crippen LogP contribution in [0.2, 0.25) is 0 Å². The first-order valence-corrected chi connectivity index (χ1v) is 21.9. The van der Waals surface area contributed by atoms with Crippen molar-refractivity contribution in [2.24, 2.45) is 0 Å². The van der Waals surface area contributed by atoms with Crippen LogP contribution >= 0.6 is 0 Å². The van der Waals surface area contributed by atoms with Gasteiger partial charge in [0.05, 0.1) is 11.0 Å². The molecule has 0 unspecified atom stereocenters. The monoisotopic (exact) mass is 822 g/mol. The molecule has 0 saturated heterocycles. The topological polar surface area (TPSA) is 14.7 Å². The summed E-state index contributed by atoms with van der Waals surface area (Å²) < 4.78 is 2.42. The summed E-state index contributed by atoms with van der Waals surface area (Å²) in [7, 11) is 0. The van der Waals surface area contributed by atoms with Gasteiger partial charge in [0.2, 0.25) is 0 Å². The van der Waals surface area contributed by atoms with E-state index < -0.39 is 0 Å². The molecule has 1 heterocycles. The van der Waals surface area contributed by atoms with E-state index in [1.54, 1.807) is 0 Å². The predicted octanol–water partition coefficient (Wildman–Crippen LogP) is 17.0. The second-order valence-electron chi connectivity index (χ2n) is 16.5. The number of fused-ring (bicyclic) bond motifs is 4. The van der Waals surface area contributed by atoms with Crippen LogP contribution in [-0.4, -0.2) is 4.57 Å². The molecule has 4 nitrogen and oxygen atoms in total. The van der Waals surface area contributed by atoms with Crippen LogP contribution in [-0.2, 0) is 0 Å². The summed E-state index contributed by atoms with van der Waals surface area (Å²) >= 11 is 0. The molecule has 0 fully saturated rings. The van der Waals surface area contributed by atoms with Gasteiger partial charge in [0.1, 0.15) is 0 Å². The molecule has 0 radical (unpaired) electrons. The maximum Gasteiger partial charge on any atom is 0.0542 e. The lowest BCUT2D eigenvalue weighted by molar-refractivity contribution is 1.17. The van der Waals surface area contributed by atoms with E-state index in [-0.39, 0.29) is 0 Å². The summed E-state index contributed by atoms with van der Waals surface area (Å²) in [6, 6.07) is 87.7. The molecule has 0 atom stereocenters. The molecular formula is C60H46N4. The number of benzene rings is 10. The Morgan fingerprint density at radius 3 is 1.11 bits per heavy atom. The minimum atomic E-state index is 1.09. The third-order valence-corrected chi connectivity index (χ3v) is 12.2. The Balaban J connectivity index is 1.11. The van der Waals surface area contributed by atoms with Crippen LogP contribution in [0.1, 0.15) is 11.1 Å². The number of aryl methyl sites for hydroxylation is 2. The highest BCUT2D eigenvalue weighted by atomic mass is 15.2. The van der Waals surface area contributed by atoms with Crippen LogP contribution in [0.3, 0.4) is 0 Å². The maximum atomic E-state index is 2.42. The first-order chi connectivity index (χ1) is 31.6. The SMILES string of the molecule is Cc1cccc(N(c2ccccc2)c2ccc3c(c2)c2cc(N(c4ccccc4)c4cccc(C)c4)ccc2n3-c2ccc(N(c3ccccc3)c3ccc4ccccc4c3)cc2)c1. The Morgan fingerprint density at radius 2 is 0.625 bits per heavy atom. The van der Waals surface area contributed by atoms with Gasteiger partial charge in [-0.05, 0) is 169 Å². The summed E-state index contributed by atoms with van der Waals surface area (Å²) in [5.74, 6) is 0. The van der Waals surface area contributed by atoms with Crippen LogP contribution in [0.4, 0.5) is 51.2 Å². The van der Waals surface area contributed by atoms with Crippen molar-refractivity contribution >= 4 is 83.8 Å². The molecule has 0 aliphatic rings. The molecule has 0 spiro atoms. The van der Waals surface area contributed by atoms with E-state index in [1.807, 2.05) is 0 Å². The van der Waals surface area contributed by atoms with Gasteiger partial charge in [-0.2, -0.15) is 0 Å². The molecule has 306 valence electrons. The molecule has 1 aromatic heterocycles. The van der Waals surface area contributed by atoms with Crippen molar-refractivity contribution in [3.8, 4) is 5.69 Å². The highest BCUT2D eigenvalue weighted by Crippen LogP contribution is 2.44. The van der Waals surface area contributed by atoms with Crippen molar-refractivity contribution in [3.63, 3.8) is 0 Å². The number of anilines is 9. The number of aromatic nitrogens is 1. The molecule has 11 aromatic rings. The normalized spacial score (nSPS) is 11.3. The van der Waals surface area contributed by atoms with E-state index in [1.165, 1.54) is 32.7 Å². The van der Waals surface area contributed by atoms with Gasteiger partial charge in [-0.25, -0.2) is 0 Å². The standard InChI is InChI=1S/C60H46N4/c1-43-16-14-26-52(38-43)62(48-22-8-4-9-23-48)55-34-36-59-57(41-55)58-42-56(63(49-24-10-5-11-25-49)53-27-15-17-44(2)39-53)35-37-60(58)64(59)51-32-30-50(31-33-51)61(47-20-6-3-7-21-47)54-29-28-45-18-12-13-19-46(45)40-54/h3-42H,1-2H3. The van der Waals surface area contributed by atoms with Gasteiger partial charge in [0, 0.05) is 67.6 Å². The summed E-state index contributed by atoms with van der Waals surface area (Å²) in [5.41, 5.74) is 15.7. The highest BCUT2D eigenvalue weighted by molar-refractivity contribution is 6.12.